The van der Waals surface area contributed by atoms with Crippen molar-refractivity contribution in [2.24, 2.45) is 0 Å². The van der Waals surface area contributed by atoms with Gasteiger partial charge in [-0.15, -0.1) is 0 Å². The third kappa shape index (κ3) is 3.88. The van der Waals surface area contributed by atoms with Crippen LogP contribution < -0.4 is 5.32 Å². The number of ether oxygens (including phenoxy) is 1. The minimum Gasteiger partial charge on any atom is -0.467 e. The normalized spacial score (nSPS) is 11.7. The highest BCUT2D eigenvalue weighted by Gasteiger charge is 2.23. The van der Waals surface area contributed by atoms with Gasteiger partial charge in [0.2, 0.25) is 0 Å². The number of hydrogen-bond donors (Lipinski definition) is 2. The van der Waals surface area contributed by atoms with E-state index in [1.807, 2.05) is 0 Å². The third-order valence-corrected chi connectivity index (χ3v) is 2.93. The maximum absolute atomic E-state index is 12.2. The molecule has 1 amide bonds. The Morgan fingerprint density at radius 2 is 2.29 bits per heavy atom. The molecule has 7 heteroatoms. The van der Waals surface area contributed by atoms with Gasteiger partial charge in [-0.05, 0) is 19.1 Å². The van der Waals surface area contributed by atoms with E-state index in [4.69, 9.17) is 4.74 Å². The summed E-state index contributed by atoms with van der Waals surface area (Å²) in [4.78, 5) is 34.8. The summed E-state index contributed by atoms with van der Waals surface area (Å²) in [5, 5.41) is 2.66. The number of carbonyl (C=O) groups is 2. The molecule has 0 unspecified atom stereocenters. The summed E-state index contributed by atoms with van der Waals surface area (Å²) in [7, 11) is 1.28. The van der Waals surface area contributed by atoms with E-state index < -0.39 is 12.0 Å². The number of carbonyl (C=O) groups excluding carboxylic acids is 2. The monoisotopic (exact) mass is 288 g/mol. The number of rotatable bonds is 5. The summed E-state index contributed by atoms with van der Waals surface area (Å²) < 4.78 is 4.72. The zero-order chi connectivity index (χ0) is 15.2. The van der Waals surface area contributed by atoms with Gasteiger partial charge in [-0.3, -0.25) is 9.78 Å². The van der Waals surface area contributed by atoms with Crippen molar-refractivity contribution in [3.8, 4) is 0 Å². The van der Waals surface area contributed by atoms with E-state index >= 15 is 0 Å². The number of imidazole rings is 1. The maximum atomic E-state index is 12.2. The van der Waals surface area contributed by atoms with Crippen molar-refractivity contribution in [2.45, 2.75) is 19.4 Å². The predicted molar refractivity (Wildman–Crippen MR) is 74.5 cm³/mol. The molecule has 2 heterocycles. The largest absolute Gasteiger partial charge is 0.467 e. The summed E-state index contributed by atoms with van der Waals surface area (Å²) >= 11 is 0. The number of nitrogens with one attached hydrogen (secondary N) is 2. The molecule has 0 saturated heterocycles. The first kappa shape index (κ1) is 14.7. The lowest BCUT2D eigenvalue weighted by Crippen LogP contribution is -2.43. The second-order valence-corrected chi connectivity index (χ2v) is 4.52. The van der Waals surface area contributed by atoms with Gasteiger partial charge in [0, 0.05) is 35.8 Å². The fraction of sp³-hybridized carbons (Fsp3) is 0.286. The number of amides is 1. The number of esters is 1. The number of nitrogens with zero attached hydrogens (tertiary/aromatic N) is 2. The molecule has 0 radical (unpaired) electrons. The number of pyridine rings is 1. The van der Waals surface area contributed by atoms with Crippen molar-refractivity contribution in [1.82, 2.24) is 20.3 Å². The molecule has 21 heavy (non-hydrogen) atoms. The quantitative estimate of drug-likeness (QED) is 0.786. The van der Waals surface area contributed by atoms with Crippen LogP contribution in [0.5, 0.6) is 0 Å². The van der Waals surface area contributed by atoms with E-state index in [2.05, 4.69) is 20.3 Å². The number of aryl methyl sites for hydroxylation is 1. The van der Waals surface area contributed by atoms with Crippen LogP contribution >= 0.6 is 0 Å². The molecular formula is C14H16N4O3. The zero-order valence-corrected chi connectivity index (χ0v) is 11.8. The van der Waals surface area contributed by atoms with Gasteiger partial charge in [-0.1, -0.05) is 0 Å². The third-order valence-electron chi connectivity index (χ3n) is 2.93. The van der Waals surface area contributed by atoms with Gasteiger partial charge in [-0.2, -0.15) is 0 Å². The topological polar surface area (TPSA) is 97.0 Å². The number of methoxy groups -OCH3 is 1. The van der Waals surface area contributed by atoms with Crippen LogP contribution in [0.25, 0.3) is 0 Å². The van der Waals surface area contributed by atoms with E-state index in [9.17, 15) is 9.59 Å². The van der Waals surface area contributed by atoms with Crippen molar-refractivity contribution < 1.29 is 14.3 Å². The SMILES string of the molecule is COC(=O)[C@H](Cc1cnc[nH]1)NC(=O)c1ccnc(C)c1. The number of hydrogen-bond acceptors (Lipinski definition) is 5. The molecule has 2 aromatic rings. The smallest absolute Gasteiger partial charge is 0.328 e. The average molecular weight is 288 g/mol. The molecule has 0 saturated carbocycles. The van der Waals surface area contributed by atoms with Crippen molar-refractivity contribution in [2.75, 3.05) is 7.11 Å². The maximum Gasteiger partial charge on any atom is 0.328 e. The zero-order valence-electron chi connectivity index (χ0n) is 11.8. The Hall–Kier alpha value is -2.70. The number of aromatic nitrogens is 3. The van der Waals surface area contributed by atoms with Crippen LogP contribution in [0, 0.1) is 6.92 Å². The Morgan fingerprint density at radius 3 is 2.90 bits per heavy atom. The van der Waals surface area contributed by atoms with Crippen LogP contribution in [-0.4, -0.2) is 40.0 Å². The Labute approximate surface area is 121 Å². The fourth-order valence-corrected chi connectivity index (χ4v) is 1.88. The molecule has 2 N–H and O–H groups in total. The Bertz CT molecular complexity index is 625. The Balaban J connectivity index is 2.11. The van der Waals surface area contributed by atoms with Gasteiger partial charge in [0.15, 0.2) is 0 Å². The number of H-pyrrole nitrogens is 1. The van der Waals surface area contributed by atoms with Crippen LogP contribution in [0.1, 0.15) is 21.7 Å². The lowest BCUT2D eigenvalue weighted by Gasteiger charge is -2.15. The molecule has 1 atom stereocenters. The van der Waals surface area contributed by atoms with Crippen LogP contribution in [0.4, 0.5) is 0 Å². The van der Waals surface area contributed by atoms with Crippen LogP contribution in [0.3, 0.4) is 0 Å². The highest BCUT2D eigenvalue weighted by atomic mass is 16.5. The summed E-state index contributed by atoms with van der Waals surface area (Å²) in [6.45, 7) is 1.79. The van der Waals surface area contributed by atoms with Gasteiger partial charge in [0.1, 0.15) is 6.04 Å². The predicted octanol–water partition coefficient (Wildman–Crippen LogP) is 0.627. The van der Waals surface area contributed by atoms with Gasteiger partial charge in [0.25, 0.3) is 5.91 Å². The molecule has 0 spiro atoms. The second kappa shape index (κ2) is 6.65. The first-order chi connectivity index (χ1) is 10.1. The summed E-state index contributed by atoms with van der Waals surface area (Å²) in [5.41, 5.74) is 1.91. The van der Waals surface area contributed by atoms with Crippen molar-refractivity contribution in [1.29, 1.82) is 0 Å². The van der Waals surface area contributed by atoms with E-state index in [0.717, 1.165) is 11.4 Å². The molecule has 2 rings (SSSR count). The van der Waals surface area contributed by atoms with Gasteiger partial charge >= 0.3 is 5.97 Å². The van der Waals surface area contributed by atoms with Crippen LogP contribution in [-0.2, 0) is 16.0 Å². The highest BCUT2D eigenvalue weighted by molar-refractivity contribution is 5.96. The highest BCUT2D eigenvalue weighted by Crippen LogP contribution is 2.05. The van der Waals surface area contributed by atoms with Gasteiger partial charge in [-0.25, -0.2) is 9.78 Å². The minimum atomic E-state index is -0.781. The molecule has 0 aliphatic rings. The summed E-state index contributed by atoms with van der Waals surface area (Å²) in [5.74, 6) is -0.862. The molecule has 7 nitrogen and oxygen atoms in total. The Kier molecular flexibility index (Phi) is 4.65. The first-order valence-corrected chi connectivity index (χ1v) is 6.38. The minimum absolute atomic E-state index is 0.280. The summed E-state index contributed by atoms with van der Waals surface area (Å²) in [6.07, 6.45) is 4.94. The lowest BCUT2D eigenvalue weighted by atomic mass is 10.1. The van der Waals surface area contributed by atoms with Gasteiger partial charge < -0.3 is 15.0 Å². The fourth-order valence-electron chi connectivity index (χ4n) is 1.88. The number of aromatic amines is 1. The first-order valence-electron chi connectivity index (χ1n) is 6.38. The molecule has 2 aromatic heterocycles. The second-order valence-electron chi connectivity index (χ2n) is 4.52. The van der Waals surface area contributed by atoms with Crippen molar-refractivity contribution in [3.05, 3.63) is 47.8 Å². The van der Waals surface area contributed by atoms with Crippen LogP contribution in [0.15, 0.2) is 30.9 Å². The molecule has 0 bridgehead atoms. The van der Waals surface area contributed by atoms with E-state index in [1.54, 1.807) is 31.5 Å². The van der Waals surface area contributed by atoms with Crippen molar-refractivity contribution in [3.63, 3.8) is 0 Å². The van der Waals surface area contributed by atoms with Crippen molar-refractivity contribution >= 4 is 11.9 Å². The Morgan fingerprint density at radius 1 is 1.48 bits per heavy atom. The molecule has 0 aliphatic heterocycles. The molecular weight excluding hydrogens is 272 g/mol. The average Bonchev–Trinajstić information content (AvgIpc) is 2.98. The molecule has 0 aromatic carbocycles. The lowest BCUT2D eigenvalue weighted by molar-refractivity contribution is -0.142. The van der Waals surface area contributed by atoms with Gasteiger partial charge in [0.05, 0.1) is 13.4 Å². The van der Waals surface area contributed by atoms with E-state index in [0.29, 0.717) is 5.56 Å². The van der Waals surface area contributed by atoms with Crippen LogP contribution in [0.2, 0.25) is 0 Å². The molecule has 110 valence electrons. The molecule has 0 fully saturated rings. The molecule has 0 aliphatic carbocycles. The standard InChI is InChI=1S/C14H16N4O3/c1-9-5-10(3-4-16-9)13(19)18-12(14(20)21-2)6-11-7-15-8-17-11/h3-5,7-8,12H,6H2,1-2H3,(H,15,17)(H,18,19)/t12-/m0/s1. The van der Waals surface area contributed by atoms with E-state index in [-0.39, 0.29) is 12.3 Å². The summed E-state index contributed by atoms with van der Waals surface area (Å²) in [6, 6.07) is 2.46. The van der Waals surface area contributed by atoms with E-state index in [1.165, 1.54) is 13.4 Å².